The number of carbonyl (C=O) groups excluding carboxylic acids is 2. The number of hydrogen-bond donors (Lipinski definition) is 1. The zero-order valence-electron chi connectivity index (χ0n) is 18.3. The number of rotatable bonds is 7. The molecule has 6 nitrogen and oxygen atoms in total. The lowest BCUT2D eigenvalue weighted by Gasteiger charge is -2.31. The van der Waals surface area contributed by atoms with Crippen molar-refractivity contribution in [3.63, 3.8) is 0 Å². The number of thioether (sulfide) groups is 1. The minimum atomic E-state index is -0.587. The van der Waals surface area contributed by atoms with Gasteiger partial charge in [0.1, 0.15) is 11.0 Å². The van der Waals surface area contributed by atoms with Crippen LogP contribution in [0, 0.1) is 0 Å². The van der Waals surface area contributed by atoms with Gasteiger partial charge in [-0.15, -0.1) is 0 Å². The van der Waals surface area contributed by atoms with E-state index < -0.39 is 5.25 Å². The molecule has 1 heterocycles. The summed E-state index contributed by atoms with van der Waals surface area (Å²) < 4.78 is 5.59. The molecule has 168 valence electrons. The van der Waals surface area contributed by atoms with Gasteiger partial charge in [0.2, 0.25) is 11.8 Å². The molecule has 1 N–H and O–H groups in total. The highest BCUT2D eigenvalue weighted by molar-refractivity contribution is 8.15. The van der Waals surface area contributed by atoms with Gasteiger partial charge < -0.3 is 10.1 Å². The fraction of sp³-hybridized carbons (Fsp3) is 0.192. The van der Waals surface area contributed by atoms with Gasteiger partial charge >= 0.3 is 0 Å². The van der Waals surface area contributed by atoms with E-state index in [2.05, 4.69) is 5.32 Å². The highest BCUT2D eigenvalue weighted by Crippen LogP contribution is 2.33. The predicted octanol–water partition coefficient (Wildman–Crippen LogP) is 5.64. The molecule has 0 radical (unpaired) electrons. The van der Waals surface area contributed by atoms with Crippen LogP contribution in [-0.4, -0.2) is 28.8 Å². The Bertz CT molecular complexity index is 1120. The average molecular weight is 460 g/mol. The molecular formula is C26H25N3O3S. The van der Waals surface area contributed by atoms with Crippen molar-refractivity contribution in [2.75, 3.05) is 16.8 Å². The van der Waals surface area contributed by atoms with Crippen LogP contribution in [0.1, 0.15) is 19.8 Å². The highest BCUT2D eigenvalue weighted by Gasteiger charge is 2.36. The summed E-state index contributed by atoms with van der Waals surface area (Å²) >= 11 is 1.29. The van der Waals surface area contributed by atoms with Gasteiger partial charge in [-0.25, -0.2) is 4.99 Å². The summed E-state index contributed by atoms with van der Waals surface area (Å²) in [7, 11) is 0. The van der Waals surface area contributed by atoms with E-state index in [1.165, 1.54) is 11.8 Å². The molecule has 4 rings (SSSR count). The Balaban J connectivity index is 1.54. The van der Waals surface area contributed by atoms with Gasteiger partial charge in [-0.1, -0.05) is 55.1 Å². The molecule has 0 aliphatic carbocycles. The third-order valence-electron chi connectivity index (χ3n) is 4.93. The molecule has 1 aliphatic rings. The van der Waals surface area contributed by atoms with Gasteiger partial charge in [-0.2, -0.15) is 0 Å². The molecular weight excluding hydrogens is 434 g/mol. The number of nitrogens with zero attached hydrogens (tertiary/aromatic N) is 2. The summed E-state index contributed by atoms with van der Waals surface area (Å²) in [6, 6.07) is 26.0. The lowest BCUT2D eigenvalue weighted by atomic mass is 10.2. The van der Waals surface area contributed by atoms with Gasteiger partial charge in [-0.05, 0) is 55.0 Å². The number of carbonyl (C=O) groups is 2. The first-order chi connectivity index (χ1) is 16.1. The van der Waals surface area contributed by atoms with Crippen LogP contribution in [0.2, 0.25) is 0 Å². The van der Waals surface area contributed by atoms with E-state index in [4.69, 9.17) is 9.73 Å². The molecule has 3 aromatic carbocycles. The SMILES string of the molecule is CCCOc1ccc(NC(=O)[C@@H]2CC(=O)N(c3ccccc3)C(=Nc3ccccc3)S2)cc1. The van der Waals surface area contributed by atoms with Gasteiger partial charge in [0.25, 0.3) is 0 Å². The first-order valence-corrected chi connectivity index (χ1v) is 11.7. The topological polar surface area (TPSA) is 71.0 Å². The number of amidine groups is 1. The van der Waals surface area contributed by atoms with E-state index in [-0.39, 0.29) is 18.2 Å². The van der Waals surface area contributed by atoms with Crippen molar-refractivity contribution in [3.05, 3.63) is 84.9 Å². The lowest BCUT2D eigenvalue weighted by molar-refractivity contribution is -0.121. The number of nitrogens with one attached hydrogen (secondary N) is 1. The van der Waals surface area contributed by atoms with Crippen LogP contribution >= 0.6 is 11.8 Å². The molecule has 33 heavy (non-hydrogen) atoms. The van der Waals surface area contributed by atoms with Crippen LogP contribution in [0.15, 0.2) is 89.9 Å². The summed E-state index contributed by atoms with van der Waals surface area (Å²) in [4.78, 5) is 32.4. The minimum absolute atomic E-state index is 0.0803. The van der Waals surface area contributed by atoms with Crippen LogP contribution in [0.5, 0.6) is 5.75 Å². The fourth-order valence-electron chi connectivity index (χ4n) is 3.32. The zero-order chi connectivity index (χ0) is 23.0. The second-order valence-electron chi connectivity index (χ2n) is 7.47. The molecule has 3 aromatic rings. The summed E-state index contributed by atoms with van der Waals surface area (Å²) in [5.41, 5.74) is 2.10. The van der Waals surface area contributed by atoms with Crippen LogP contribution in [0.3, 0.4) is 0 Å². The van der Waals surface area contributed by atoms with E-state index in [1.54, 1.807) is 17.0 Å². The highest BCUT2D eigenvalue weighted by atomic mass is 32.2. The second-order valence-corrected chi connectivity index (χ2v) is 8.64. The maximum atomic E-state index is 13.1. The minimum Gasteiger partial charge on any atom is -0.494 e. The number of ether oxygens (including phenoxy) is 1. The summed E-state index contributed by atoms with van der Waals surface area (Å²) in [5, 5.41) is 2.81. The third-order valence-corrected chi connectivity index (χ3v) is 6.08. The summed E-state index contributed by atoms with van der Waals surface area (Å²) in [6.45, 7) is 2.69. The van der Waals surface area contributed by atoms with Crippen molar-refractivity contribution in [1.29, 1.82) is 0 Å². The Morgan fingerprint density at radius 1 is 1.03 bits per heavy atom. The van der Waals surface area contributed by atoms with Crippen LogP contribution < -0.4 is 15.0 Å². The first-order valence-electron chi connectivity index (χ1n) is 10.9. The van der Waals surface area contributed by atoms with Crippen molar-refractivity contribution in [1.82, 2.24) is 0 Å². The van der Waals surface area contributed by atoms with E-state index in [0.717, 1.165) is 23.5 Å². The van der Waals surface area contributed by atoms with E-state index >= 15 is 0 Å². The van der Waals surface area contributed by atoms with Crippen molar-refractivity contribution >= 4 is 45.8 Å². The Morgan fingerprint density at radius 2 is 1.70 bits per heavy atom. The van der Waals surface area contributed by atoms with Gasteiger partial charge in [0.05, 0.1) is 18.0 Å². The van der Waals surface area contributed by atoms with Crippen molar-refractivity contribution in [2.45, 2.75) is 25.0 Å². The number of hydrogen-bond acceptors (Lipinski definition) is 5. The Hall–Kier alpha value is -3.58. The van der Waals surface area contributed by atoms with Crippen LogP contribution in [0.25, 0.3) is 0 Å². The van der Waals surface area contributed by atoms with Crippen molar-refractivity contribution in [2.24, 2.45) is 4.99 Å². The second kappa shape index (κ2) is 10.8. The van der Waals surface area contributed by atoms with Gasteiger partial charge in [0.15, 0.2) is 5.17 Å². The molecule has 1 aliphatic heterocycles. The Morgan fingerprint density at radius 3 is 2.36 bits per heavy atom. The van der Waals surface area contributed by atoms with Crippen molar-refractivity contribution < 1.29 is 14.3 Å². The summed E-state index contributed by atoms with van der Waals surface area (Å²) in [5.74, 6) is 0.356. The number of aliphatic imine (C=N–C) groups is 1. The van der Waals surface area contributed by atoms with E-state index in [0.29, 0.717) is 17.5 Å². The monoisotopic (exact) mass is 459 g/mol. The zero-order valence-corrected chi connectivity index (χ0v) is 19.1. The predicted molar refractivity (Wildman–Crippen MR) is 134 cm³/mol. The largest absolute Gasteiger partial charge is 0.494 e. The Kier molecular flexibility index (Phi) is 7.42. The molecule has 0 unspecified atom stereocenters. The molecule has 0 saturated carbocycles. The maximum Gasteiger partial charge on any atom is 0.238 e. The molecule has 7 heteroatoms. The number of para-hydroxylation sites is 2. The van der Waals surface area contributed by atoms with Crippen molar-refractivity contribution in [3.8, 4) is 5.75 Å². The number of anilines is 2. The maximum absolute atomic E-state index is 13.1. The van der Waals surface area contributed by atoms with Crippen LogP contribution in [-0.2, 0) is 9.59 Å². The van der Waals surface area contributed by atoms with Crippen LogP contribution in [0.4, 0.5) is 17.1 Å². The molecule has 0 bridgehead atoms. The molecule has 0 aromatic heterocycles. The van der Waals surface area contributed by atoms with Gasteiger partial charge in [-0.3, -0.25) is 14.5 Å². The molecule has 1 atom stereocenters. The van der Waals surface area contributed by atoms with E-state index in [1.807, 2.05) is 79.7 Å². The fourth-order valence-corrected chi connectivity index (χ4v) is 4.44. The smallest absolute Gasteiger partial charge is 0.238 e. The third kappa shape index (κ3) is 5.81. The molecule has 1 saturated heterocycles. The molecule has 1 fully saturated rings. The standard InChI is InChI=1S/C26H25N3O3S/c1-2-17-32-22-15-13-20(14-16-22)27-25(31)23-18-24(30)29(21-11-7-4-8-12-21)26(33-23)28-19-9-5-3-6-10-19/h3-16,23H,2,17-18H2,1H3,(H,27,31)/t23-/m0/s1. The first kappa shape index (κ1) is 22.6. The Labute approximate surface area is 197 Å². The number of amides is 2. The molecule has 0 spiro atoms. The normalized spacial score (nSPS) is 17.1. The van der Waals surface area contributed by atoms with E-state index in [9.17, 15) is 9.59 Å². The number of benzene rings is 3. The molecule has 2 amide bonds. The lowest BCUT2D eigenvalue weighted by Crippen LogP contribution is -2.45. The quantitative estimate of drug-likeness (QED) is 0.496. The summed E-state index contributed by atoms with van der Waals surface area (Å²) in [6.07, 6.45) is 1.01. The average Bonchev–Trinajstić information content (AvgIpc) is 2.84. The van der Waals surface area contributed by atoms with Gasteiger partial charge in [0, 0.05) is 12.1 Å².